The van der Waals surface area contributed by atoms with Crippen LogP contribution in [0.4, 0.5) is 5.69 Å². The van der Waals surface area contributed by atoms with E-state index in [0.717, 1.165) is 22.6 Å². The molecule has 1 N–H and O–H groups in total. The summed E-state index contributed by atoms with van der Waals surface area (Å²) in [4.78, 5) is 50.6. The molecular weight excluding hydrogens is 368 g/mol. The second-order valence-electron chi connectivity index (χ2n) is 6.67. The average molecular weight is 390 g/mol. The first-order valence-electron chi connectivity index (χ1n) is 8.95. The second-order valence-corrected chi connectivity index (χ2v) is 7.52. The van der Waals surface area contributed by atoms with Gasteiger partial charge in [-0.2, -0.15) is 0 Å². The normalized spacial score (nSPS) is 21.7. The first-order chi connectivity index (χ1) is 13.0. The van der Waals surface area contributed by atoms with E-state index >= 15 is 0 Å². The molecule has 0 bridgehead atoms. The number of imide groups is 1. The minimum absolute atomic E-state index is 0.292. The van der Waals surface area contributed by atoms with Gasteiger partial charge in [0, 0.05) is 4.90 Å². The average Bonchev–Trinajstić information content (AvgIpc) is 2.92. The first kappa shape index (κ1) is 19.4. The molecule has 3 amide bonds. The van der Waals surface area contributed by atoms with Gasteiger partial charge in [0.05, 0.1) is 17.5 Å². The number of carbonyl (C=O) groups excluding carboxylic acids is 4. The third-order valence-electron chi connectivity index (χ3n) is 4.96. The van der Waals surface area contributed by atoms with Crippen LogP contribution < -0.4 is 5.32 Å². The van der Waals surface area contributed by atoms with Gasteiger partial charge >= 0.3 is 5.97 Å². The third kappa shape index (κ3) is 4.32. The molecule has 2 atom stereocenters. The van der Waals surface area contributed by atoms with Crippen molar-refractivity contribution >= 4 is 41.1 Å². The molecule has 7 nitrogen and oxygen atoms in total. The van der Waals surface area contributed by atoms with Crippen molar-refractivity contribution in [2.75, 3.05) is 24.7 Å². The molecule has 1 aliphatic carbocycles. The molecule has 3 rings (SSSR count). The Morgan fingerprint density at radius 1 is 1.15 bits per heavy atom. The topological polar surface area (TPSA) is 92.8 Å². The quantitative estimate of drug-likeness (QED) is 0.454. The van der Waals surface area contributed by atoms with Crippen LogP contribution >= 0.6 is 11.8 Å². The van der Waals surface area contributed by atoms with Gasteiger partial charge in [0.25, 0.3) is 5.91 Å². The van der Waals surface area contributed by atoms with Crippen LogP contribution in [0, 0.1) is 11.8 Å². The number of hydrogen-bond donors (Lipinski definition) is 1. The summed E-state index contributed by atoms with van der Waals surface area (Å²) in [5.41, 5.74) is 0.639. The number of nitrogens with zero attached hydrogens (tertiary/aromatic N) is 1. The van der Waals surface area contributed by atoms with Gasteiger partial charge < -0.3 is 10.1 Å². The third-order valence-corrected chi connectivity index (χ3v) is 5.76. The molecule has 1 aliphatic heterocycles. The van der Waals surface area contributed by atoms with Crippen LogP contribution in [-0.4, -0.2) is 48.0 Å². The molecule has 1 saturated carbocycles. The zero-order valence-corrected chi connectivity index (χ0v) is 15.9. The van der Waals surface area contributed by atoms with Crippen molar-refractivity contribution in [3.05, 3.63) is 24.3 Å². The highest BCUT2D eigenvalue weighted by Gasteiger charge is 2.48. The molecule has 8 heteroatoms. The zero-order chi connectivity index (χ0) is 19.4. The van der Waals surface area contributed by atoms with Crippen LogP contribution in [0.2, 0.25) is 0 Å². The fourth-order valence-corrected chi connectivity index (χ4v) is 4.20. The predicted molar refractivity (Wildman–Crippen MR) is 100.0 cm³/mol. The molecule has 0 spiro atoms. The van der Waals surface area contributed by atoms with Crippen molar-refractivity contribution in [2.45, 2.75) is 30.6 Å². The van der Waals surface area contributed by atoms with E-state index in [2.05, 4.69) is 5.32 Å². The van der Waals surface area contributed by atoms with E-state index in [0.29, 0.717) is 18.5 Å². The van der Waals surface area contributed by atoms with Crippen molar-refractivity contribution in [2.24, 2.45) is 11.8 Å². The summed E-state index contributed by atoms with van der Waals surface area (Å²) in [6, 6.07) is 7.29. The van der Waals surface area contributed by atoms with E-state index in [1.165, 1.54) is 11.8 Å². The van der Waals surface area contributed by atoms with Crippen LogP contribution in [0.25, 0.3) is 0 Å². The number of carbonyl (C=O) groups is 4. The summed E-state index contributed by atoms with van der Waals surface area (Å²) >= 11 is 1.49. The lowest BCUT2D eigenvalue weighted by Gasteiger charge is -2.19. The highest BCUT2D eigenvalue weighted by atomic mass is 32.2. The maximum Gasteiger partial charge on any atom is 0.326 e. The van der Waals surface area contributed by atoms with E-state index in [1.807, 2.05) is 18.4 Å². The van der Waals surface area contributed by atoms with E-state index < -0.39 is 25.0 Å². The minimum Gasteiger partial charge on any atom is -0.454 e. The van der Waals surface area contributed by atoms with Crippen LogP contribution in [0.15, 0.2) is 29.2 Å². The minimum atomic E-state index is -0.761. The monoisotopic (exact) mass is 390 g/mol. The number of thioether (sulfide) groups is 1. The molecule has 1 heterocycles. The van der Waals surface area contributed by atoms with Crippen LogP contribution in [0.5, 0.6) is 0 Å². The summed E-state index contributed by atoms with van der Waals surface area (Å²) in [6.45, 7) is -0.899. The maximum atomic E-state index is 12.4. The van der Waals surface area contributed by atoms with E-state index in [-0.39, 0.29) is 23.7 Å². The van der Waals surface area contributed by atoms with Gasteiger partial charge in [0.15, 0.2) is 6.61 Å². The highest BCUT2D eigenvalue weighted by molar-refractivity contribution is 7.98. The molecule has 0 unspecified atom stereocenters. The molecule has 0 aromatic heterocycles. The van der Waals surface area contributed by atoms with Crippen LogP contribution in [-0.2, 0) is 23.9 Å². The summed E-state index contributed by atoms with van der Waals surface area (Å²) in [6.07, 6.45) is 5.13. The standard InChI is InChI=1S/C19H22N2O5S/c1-27-15-9-5-4-8-14(15)20-16(22)11-26-17(23)10-21-18(24)12-6-2-3-7-13(12)19(21)25/h4-5,8-9,12-13H,2-3,6-7,10-11H2,1H3,(H,20,22)/t12-,13+. The number of hydrogen-bond acceptors (Lipinski definition) is 6. The Hall–Kier alpha value is -2.35. The Balaban J connectivity index is 1.50. The first-order valence-corrected chi connectivity index (χ1v) is 10.2. The van der Waals surface area contributed by atoms with E-state index in [4.69, 9.17) is 4.74 Å². The highest BCUT2D eigenvalue weighted by Crippen LogP contribution is 2.37. The number of benzene rings is 1. The number of ether oxygens (including phenoxy) is 1. The molecule has 0 radical (unpaired) electrons. The summed E-state index contributed by atoms with van der Waals surface area (Å²) in [5.74, 6) is -2.42. The molecule has 1 saturated heterocycles. The largest absolute Gasteiger partial charge is 0.454 e. The Labute approximate surface area is 161 Å². The Bertz CT molecular complexity index is 742. The smallest absolute Gasteiger partial charge is 0.326 e. The number of rotatable bonds is 6. The Morgan fingerprint density at radius 3 is 2.41 bits per heavy atom. The van der Waals surface area contributed by atoms with E-state index in [9.17, 15) is 19.2 Å². The fourth-order valence-electron chi connectivity index (χ4n) is 3.64. The number of anilines is 1. The Morgan fingerprint density at radius 2 is 1.78 bits per heavy atom. The number of para-hydroxylation sites is 1. The molecule has 1 aromatic rings. The van der Waals surface area contributed by atoms with Gasteiger partial charge in [-0.05, 0) is 31.2 Å². The van der Waals surface area contributed by atoms with Gasteiger partial charge in [-0.3, -0.25) is 24.1 Å². The van der Waals surface area contributed by atoms with Crippen molar-refractivity contribution in [3.63, 3.8) is 0 Å². The fraction of sp³-hybridized carbons (Fsp3) is 0.474. The van der Waals surface area contributed by atoms with Crippen molar-refractivity contribution in [1.82, 2.24) is 4.90 Å². The van der Waals surface area contributed by atoms with Crippen molar-refractivity contribution in [3.8, 4) is 0 Å². The van der Waals surface area contributed by atoms with Gasteiger partial charge in [0.1, 0.15) is 6.54 Å². The van der Waals surface area contributed by atoms with Crippen molar-refractivity contribution in [1.29, 1.82) is 0 Å². The lowest BCUT2D eigenvalue weighted by atomic mass is 9.81. The molecule has 144 valence electrons. The summed E-state index contributed by atoms with van der Waals surface area (Å²) in [5, 5.41) is 2.68. The molecule has 27 heavy (non-hydrogen) atoms. The molecule has 2 aliphatic rings. The zero-order valence-electron chi connectivity index (χ0n) is 15.1. The SMILES string of the molecule is CSc1ccccc1NC(=O)COC(=O)CN1C(=O)[C@H]2CCCC[C@H]2C1=O. The number of esters is 1. The maximum absolute atomic E-state index is 12.4. The molecule has 2 fully saturated rings. The number of fused-ring (bicyclic) bond motifs is 1. The summed E-state index contributed by atoms with van der Waals surface area (Å²) in [7, 11) is 0. The van der Waals surface area contributed by atoms with E-state index in [1.54, 1.807) is 12.1 Å². The van der Waals surface area contributed by atoms with Crippen molar-refractivity contribution < 1.29 is 23.9 Å². The number of likely N-dealkylation sites (tertiary alicyclic amines) is 1. The molecule has 1 aromatic carbocycles. The van der Waals surface area contributed by atoms with Gasteiger partial charge in [-0.25, -0.2) is 0 Å². The molecular formula is C19H22N2O5S. The second kappa shape index (κ2) is 8.56. The van der Waals surface area contributed by atoms with Crippen LogP contribution in [0.3, 0.4) is 0 Å². The van der Waals surface area contributed by atoms with Gasteiger partial charge in [-0.1, -0.05) is 25.0 Å². The number of nitrogens with one attached hydrogen (secondary N) is 1. The number of amides is 3. The van der Waals surface area contributed by atoms with Crippen LogP contribution in [0.1, 0.15) is 25.7 Å². The lowest BCUT2D eigenvalue weighted by Crippen LogP contribution is -2.37. The lowest BCUT2D eigenvalue weighted by molar-refractivity contribution is -0.154. The summed E-state index contributed by atoms with van der Waals surface area (Å²) < 4.78 is 4.96. The van der Waals surface area contributed by atoms with Gasteiger partial charge in [0.2, 0.25) is 11.8 Å². The Kier molecular flexibility index (Phi) is 6.15. The van der Waals surface area contributed by atoms with Gasteiger partial charge in [-0.15, -0.1) is 11.8 Å². The predicted octanol–water partition coefficient (Wildman–Crippen LogP) is 2.07.